The van der Waals surface area contributed by atoms with E-state index in [0.29, 0.717) is 11.8 Å². The maximum Gasteiger partial charge on any atom is 0.451 e. The molecule has 2 amide bonds. The lowest BCUT2D eigenvalue weighted by atomic mass is 9.80. The smallest absolute Gasteiger partial charge is 0.335 e. The number of carbonyl (C=O) groups is 1. The number of amides is 2. The third-order valence-electron chi connectivity index (χ3n) is 5.03. The Bertz CT molecular complexity index is 615. The molecule has 3 atom stereocenters. The zero-order valence-corrected chi connectivity index (χ0v) is 13.8. The van der Waals surface area contributed by atoms with Crippen LogP contribution >= 0.6 is 0 Å². The summed E-state index contributed by atoms with van der Waals surface area (Å²) in [7, 11) is 0. The topological polar surface area (TPSA) is 63.1 Å². The lowest BCUT2D eigenvalue weighted by Crippen LogP contribution is -2.50. The molecule has 1 N–H and O–H groups in total. The second-order valence-corrected chi connectivity index (χ2v) is 6.96. The van der Waals surface area contributed by atoms with Gasteiger partial charge in [0.2, 0.25) is 5.82 Å². The summed E-state index contributed by atoms with van der Waals surface area (Å²) in [5, 5.41) is 9.86. The summed E-state index contributed by atoms with van der Waals surface area (Å²) in [6.07, 6.45) is -1.42. The average Bonchev–Trinajstić information content (AvgIpc) is 2.93. The Morgan fingerprint density at radius 3 is 2.62 bits per heavy atom. The van der Waals surface area contributed by atoms with E-state index in [0.717, 1.165) is 23.8 Å². The number of nitrogens with one attached hydrogen (secondary N) is 1. The highest BCUT2D eigenvalue weighted by molar-refractivity contribution is 5.74. The second-order valence-electron chi connectivity index (χ2n) is 6.96. The van der Waals surface area contributed by atoms with Crippen LogP contribution in [-0.4, -0.2) is 38.3 Å². The van der Waals surface area contributed by atoms with Crippen molar-refractivity contribution in [2.24, 2.45) is 11.8 Å². The first-order chi connectivity index (χ1) is 11.3. The van der Waals surface area contributed by atoms with E-state index < -0.39 is 12.0 Å². The van der Waals surface area contributed by atoms with E-state index in [1.807, 2.05) is 0 Å². The fraction of sp³-hybridized carbons (Fsp3) is 0.800. The monoisotopic (exact) mass is 345 g/mol. The Balaban J connectivity index is 1.63. The Labute approximate surface area is 138 Å². The Kier molecular flexibility index (Phi) is 4.44. The molecule has 134 valence electrons. The average molecular weight is 345 g/mol. The molecule has 0 bridgehead atoms. The minimum atomic E-state index is -4.52. The number of hydrogen-bond acceptors (Lipinski definition) is 3. The third kappa shape index (κ3) is 3.34. The van der Waals surface area contributed by atoms with Gasteiger partial charge >= 0.3 is 12.2 Å². The van der Waals surface area contributed by atoms with Crippen LogP contribution < -0.4 is 5.32 Å². The van der Waals surface area contributed by atoms with Crippen LogP contribution in [0, 0.1) is 11.8 Å². The number of rotatable bonds is 1. The Morgan fingerprint density at radius 2 is 1.96 bits per heavy atom. The van der Waals surface area contributed by atoms with Crippen molar-refractivity contribution in [1.29, 1.82) is 0 Å². The van der Waals surface area contributed by atoms with Gasteiger partial charge in [0.1, 0.15) is 0 Å². The first-order valence-electron chi connectivity index (χ1n) is 8.30. The summed E-state index contributed by atoms with van der Waals surface area (Å²) in [5.41, 5.74) is 0. The fourth-order valence-corrected chi connectivity index (χ4v) is 3.67. The minimum absolute atomic E-state index is 0.0480. The van der Waals surface area contributed by atoms with Gasteiger partial charge in [0.15, 0.2) is 5.82 Å². The van der Waals surface area contributed by atoms with E-state index in [9.17, 15) is 18.0 Å². The minimum Gasteiger partial charge on any atom is -0.335 e. The van der Waals surface area contributed by atoms with Crippen molar-refractivity contribution in [3.63, 3.8) is 0 Å². The number of carbonyl (C=O) groups excluding carboxylic acids is 1. The molecule has 2 heterocycles. The lowest BCUT2D eigenvalue weighted by Gasteiger charge is -2.35. The van der Waals surface area contributed by atoms with Crippen LogP contribution in [0.3, 0.4) is 0 Å². The molecule has 1 saturated carbocycles. The first-order valence-corrected chi connectivity index (χ1v) is 8.30. The second kappa shape index (κ2) is 6.25. The standard InChI is InChI=1S/C15H22F3N5O/c1-9-3-4-11(10(2)7-9)19-14(24)22-5-6-23-12(8-22)20-21-13(23)15(16,17)18/h9-11H,3-8H2,1-2H3,(H,19,24)/t9-,10+,11+/m1/s1. The first kappa shape index (κ1) is 17.0. The van der Waals surface area contributed by atoms with Crippen LogP contribution in [0.15, 0.2) is 0 Å². The van der Waals surface area contributed by atoms with Gasteiger partial charge < -0.3 is 14.8 Å². The van der Waals surface area contributed by atoms with E-state index in [2.05, 4.69) is 29.4 Å². The van der Waals surface area contributed by atoms with Crippen LogP contribution in [0.4, 0.5) is 18.0 Å². The highest BCUT2D eigenvalue weighted by atomic mass is 19.4. The van der Waals surface area contributed by atoms with Crippen molar-refractivity contribution in [3.8, 4) is 0 Å². The van der Waals surface area contributed by atoms with Gasteiger partial charge in [-0.05, 0) is 31.1 Å². The summed E-state index contributed by atoms with van der Waals surface area (Å²) >= 11 is 0. The van der Waals surface area contributed by atoms with E-state index in [1.54, 1.807) is 0 Å². The molecule has 2 aliphatic rings. The van der Waals surface area contributed by atoms with E-state index in [-0.39, 0.29) is 37.5 Å². The van der Waals surface area contributed by atoms with Gasteiger partial charge in [-0.25, -0.2) is 4.79 Å². The number of alkyl halides is 3. The van der Waals surface area contributed by atoms with E-state index >= 15 is 0 Å². The van der Waals surface area contributed by atoms with Crippen molar-refractivity contribution in [1.82, 2.24) is 25.0 Å². The molecular weight excluding hydrogens is 323 g/mol. The third-order valence-corrected chi connectivity index (χ3v) is 5.03. The van der Waals surface area contributed by atoms with Gasteiger partial charge in [-0.15, -0.1) is 10.2 Å². The predicted molar refractivity (Wildman–Crippen MR) is 79.9 cm³/mol. The molecule has 1 fully saturated rings. The van der Waals surface area contributed by atoms with Crippen LogP contribution in [0.25, 0.3) is 0 Å². The predicted octanol–water partition coefficient (Wildman–Crippen LogP) is 2.65. The van der Waals surface area contributed by atoms with Gasteiger partial charge in [0.05, 0.1) is 6.54 Å². The van der Waals surface area contributed by atoms with E-state index in [1.165, 1.54) is 4.90 Å². The molecule has 0 radical (unpaired) electrons. The summed E-state index contributed by atoms with van der Waals surface area (Å²) < 4.78 is 39.5. The number of fused-ring (bicyclic) bond motifs is 1. The van der Waals surface area contributed by atoms with Crippen LogP contribution in [-0.2, 0) is 19.3 Å². The quantitative estimate of drug-likeness (QED) is 0.851. The molecule has 1 aliphatic heterocycles. The maximum atomic E-state index is 12.8. The molecule has 0 spiro atoms. The molecule has 1 aliphatic carbocycles. The van der Waals surface area contributed by atoms with Gasteiger partial charge in [-0.1, -0.05) is 13.8 Å². The van der Waals surface area contributed by atoms with Crippen molar-refractivity contribution in [2.45, 2.75) is 58.4 Å². The number of urea groups is 1. The van der Waals surface area contributed by atoms with Crippen LogP contribution in [0.2, 0.25) is 0 Å². The summed E-state index contributed by atoms with van der Waals surface area (Å²) in [5.74, 6) is 0.256. The van der Waals surface area contributed by atoms with E-state index in [4.69, 9.17) is 0 Å². The Hall–Kier alpha value is -1.80. The fourth-order valence-electron chi connectivity index (χ4n) is 3.67. The molecule has 9 heteroatoms. The summed E-state index contributed by atoms with van der Waals surface area (Å²) in [6.45, 7) is 4.67. The van der Waals surface area contributed by atoms with Crippen LogP contribution in [0.1, 0.15) is 44.8 Å². The highest BCUT2D eigenvalue weighted by Gasteiger charge is 2.40. The molecule has 0 aromatic carbocycles. The number of nitrogens with zero attached hydrogens (tertiary/aromatic N) is 4. The van der Waals surface area contributed by atoms with Crippen molar-refractivity contribution < 1.29 is 18.0 Å². The number of halogens is 3. The largest absolute Gasteiger partial charge is 0.451 e. The van der Waals surface area contributed by atoms with Gasteiger partial charge in [-0.2, -0.15) is 13.2 Å². The van der Waals surface area contributed by atoms with Crippen LogP contribution in [0.5, 0.6) is 0 Å². The SMILES string of the molecule is C[C@@H]1CC[C@H](NC(=O)N2CCn3c(nnc3C(F)(F)F)C2)[C@@H](C)C1. The zero-order valence-electron chi connectivity index (χ0n) is 13.8. The normalized spacial score (nSPS) is 27.7. The molecule has 0 saturated heterocycles. The van der Waals surface area contributed by atoms with Crippen molar-refractivity contribution >= 4 is 6.03 Å². The van der Waals surface area contributed by atoms with Crippen molar-refractivity contribution in [2.75, 3.05) is 6.54 Å². The molecular formula is C15H22F3N5O. The molecule has 6 nitrogen and oxygen atoms in total. The molecule has 1 aromatic heterocycles. The highest BCUT2D eigenvalue weighted by Crippen LogP contribution is 2.30. The molecule has 1 aromatic rings. The zero-order chi connectivity index (χ0) is 17.5. The summed E-state index contributed by atoms with van der Waals surface area (Å²) in [4.78, 5) is 14.0. The number of aromatic nitrogens is 3. The molecule has 0 unspecified atom stereocenters. The maximum absolute atomic E-state index is 12.8. The van der Waals surface area contributed by atoms with Gasteiger partial charge in [-0.3, -0.25) is 0 Å². The van der Waals surface area contributed by atoms with Crippen molar-refractivity contribution in [3.05, 3.63) is 11.6 Å². The lowest BCUT2D eigenvalue weighted by molar-refractivity contribution is -0.147. The summed E-state index contributed by atoms with van der Waals surface area (Å²) in [6, 6.07) is -0.108. The molecule has 3 rings (SSSR count). The van der Waals surface area contributed by atoms with Gasteiger partial charge in [0.25, 0.3) is 0 Å². The Morgan fingerprint density at radius 1 is 1.21 bits per heavy atom. The molecule has 24 heavy (non-hydrogen) atoms. The number of hydrogen-bond donors (Lipinski definition) is 1. The van der Waals surface area contributed by atoms with Gasteiger partial charge in [0, 0.05) is 19.1 Å².